The second-order valence-corrected chi connectivity index (χ2v) is 4.41. The molecule has 2 aliphatic carbocycles. The second-order valence-electron chi connectivity index (χ2n) is 2.10. The van der Waals surface area contributed by atoms with Crippen LogP contribution in [0.15, 0.2) is 56.3 Å². The van der Waals surface area contributed by atoms with Gasteiger partial charge in [-0.25, -0.2) is 0 Å². The Morgan fingerprint density at radius 1 is 0.909 bits per heavy atom. The number of hydrogen-bond acceptors (Lipinski definition) is 0. The van der Waals surface area contributed by atoms with Crippen molar-refractivity contribution >= 4 is 0 Å². The van der Waals surface area contributed by atoms with Gasteiger partial charge in [0.25, 0.3) is 0 Å². The number of allylic oxidation sites excluding steroid dienone is 6. The van der Waals surface area contributed by atoms with Crippen LogP contribution in [0.4, 0.5) is 0 Å². The summed E-state index contributed by atoms with van der Waals surface area (Å²) in [6.07, 6.45) is 12.2. The van der Waals surface area contributed by atoms with Gasteiger partial charge in [0.05, 0.1) is 0 Å². The molecule has 2 rings (SSSR count). The fourth-order valence-electron chi connectivity index (χ4n) is 0.821. The third-order valence-corrected chi connectivity index (χ3v) is 3.31. The normalized spacial score (nSPS) is 18.2. The van der Waals surface area contributed by atoms with Crippen molar-refractivity contribution in [2.45, 2.75) is 0 Å². The Morgan fingerprint density at radius 2 is 1.45 bits per heavy atom. The summed E-state index contributed by atoms with van der Waals surface area (Å²) in [4.78, 5) is 0. The van der Waals surface area contributed by atoms with Crippen molar-refractivity contribution < 1.29 is 17.1 Å². The molecule has 0 saturated carbocycles. The Kier molecular flexibility index (Phi) is 1.88. The van der Waals surface area contributed by atoms with E-state index in [1.54, 1.807) is 0 Å². The van der Waals surface area contributed by atoms with Crippen molar-refractivity contribution in [2.24, 2.45) is 0 Å². The summed E-state index contributed by atoms with van der Waals surface area (Å²) in [6.45, 7) is 0. The summed E-state index contributed by atoms with van der Waals surface area (Å²) in [7, 11) is 0. The van der Waals surface area contributed by atoms with E-state index in [1.807, 2.05) is 24.3 Å². The fourth-order valence-corrected chi connectivity index (χ4v) is 2.49. The van der Waals surface area contributed by atoms with Gasteiger partial charge in [-0.3, -0.25) is 0 Å². The van der Waals surface area contributed by atoms with Gasteiger partial charge in [-0.1, -0.05) is 0 Å². The molecule has 0 aromatic carbocycles. The Hall–Kier alpha value is -0.857. The molecular weight excluding hydrogens is 221 g/mol. The van der Waals surface area contributed by atoms with Crippen LogP contribution < -0.4 is 0 Å². The van der Waals surface area contributed by atoms with Gasteiger partial charge in [0.1, 0.15) is 0 Å². The van der Waals surface area contributed by atoms with Crippen LogP contribution in [-0.4, -0.2) is 0 Å². The Balaban J connectivity index is 2.12. The van der Waals surface area contributed by atoms with E-state index in [-0.39, 0.29) is 17.1 Å². The third kappa shape index (κ3) is 1.59. The van der Waals surface area contributed by atoms with Crippen molar-refractivity contribution in [1.82, 2.24) is 0 Å². The van der Waals surface area contributed by atoms with E-state index in [2.05, 4.69) is 23.6 Å². The molecule has 0 nitrogen and oxygen atoms in total. The molecule has 1 heteroatoms. The van der Waals surface area contributed by atoms with Crippen LogP contribution in [0.2, 0.25) is 0 Å². The molecule has 54 valence electrons. The maximum absolute atomic E-state index is 3.20. The molecule has 11 heavy (non-hydrogen) atoms. The summed E-state index contributed by atoms with van der Waals surface area (Å²) in [6, 6.07) is 0. The van der Waals surface area contributed by atoms with Crippen molar-refractivity contribution in [3.63, 3.8) is 0 Å². The summed E-state index contributed by atoms with van der Waals surface area (Å²) in [5.41, 5.74) is 6.39. The molecule has 0 bridgehead atoms. The van der Waals surface area contributed by atoms with Gasteiger partial charge in [0.15, 0.2) is 0 Å². The van der Waals surface area contributed by atoms with Gasteiger partial charge in [0, 0.05) is 0 Å². The van der Waals surface area contributed by atoms with Crippen LogP contribution >= 0.6 is 0 Å². The van der Waals surface area contributed by atoms with E-state index in [1.165, 1.54) is 8.33 Å². The quantitative estimate of drug-likeness (QED) is 0.501. The van der Waals surface area contributed by atoms with E-state index >= 15 is 0 Å². The standard InChI is InChI=1S/2C5H3.Ru/c2*1-2-4-5-3-1;/h2*1-3H;. The zero-order valence-electron chi connectivity index (χ0n) is 5.82. The molecule has 0 fully saturated rings. The first-order valence-electron chi connectivity index (χ1n) is 3.34. The third-order valence-electron chi connectivity index (χ3n) is 1.30. The van der Waals surface area contributed by atoms with Crippen molar-refractivity contribution in [3.8, 4) is 0 Å². The van der Waals surface area contributed by atoms with Gasteiger partial charge >= 0.3 is 73.4 Å². The zero-order chi connectivity index (χ0) is 7.52. The van der Waals surface area contributed by atoms with E-state index in [9.17, 15) is 0 Å². The van der Waals surface area contributed by atoms with E-state index < -0.39 is 0 Å². The average molecular weight is 227 g/mol. The molecule has 0 aliphatic heterocycles. The van der Waals surface area contributed by atoms with E-state index in [0.29, 0.717) is 0 Å². The Bertz CT molecular complexity index is 318. The van der Waals surface area contributed by atoms with Crippen LogP contribution in [0.1, 0.15) is 0 Å². The fraction of sp³-hybridized carbons (Fsp3) is 0. The molecule has 0 aromatic heterocycles. The van der Waals surface area contributed by atoms with Crippen LogP contribution in [0.3, 0.4) is 0 Å². The van der Waals surface area contributed by atoms with E-state index in [0.717, 1.165) is 0 Å². The topological polar surface area (TPSA) is 0 Å². The van der Waals surface area contributed by atoms with Crippen LogP contribution in [0.25, 0.3) is 0 Å². The molecular formula is C10H6Ru. The molecule has 0 heterocycles. The first-order valence-corrected chi connectivity index (χ1v) is 5.08. The predicted octanol–water partition coefficient (Wildman–Crippen LogP) is 2.29. The van der Waals surface area contributed by atoms with Gasteiger partial charge < -0.3 is 0 Å². The van der Waals surface area contributed by atoms with Crippen LogP contribution in [0, 0.1) is 0 Å². The van der Waals surface area contributed by atoms with Gasteiger partial charge in [-0.15, -0.1) is 0 Å². The van der Waals surface area contributed by atoms with Crippen LogP contribution in [-0.2, 0) is 17.1 Å². The molecule has 0 saturated heterocycles. The minimum absolute atomic E-state index is 0.168. The van der Waals surface area contributed by atoms with Crippen molar-refractivity contribution in [3.05, 3.63) is 56.3 Å². The predicted molar refractivity (Wildman–Crippen MR) is 41.5 cm³/mol. The summed E-state index contributed by atoms with van der Waals surface area (Å²) in [5, 5.41) is 0. The first-order chi connectivity index (χ1) is 5.45. The zero-order valence-corrected chi connectivity index (χ0v) is 7.56. The SMILES string of the molecule is C1=CC=C[C]=1[Ru][C]1=C=CC=C1. The monoisotopic (exact) mass is 228 g/mol. The van der Waals surface area contributed by atoms with Crippen LogP contribution in [0.5, 0.6) is 0 Å². The molecule has 0 atom stereocenters. The average Bonchev–Trinajstić information content (AvgIpc) is 2.60. The van der Waals surface area contributed by atoms with Crippen molar-refractivity contribution in [1.29, 1.82) is 0 Å². The molecule has 0 N–H and O–H groups in total. The number of rotatable bonds is 2. The Morgan fingerprint density at radius 3 is 1.82 bits per heavy atom. The van der Waals surface area contributed by atoms with Gasteiger partial charge in [-0.2, -0.15) is 0 Å². The summed E-state index contributed by atoms with van der Waals surface area (Å²) < 4.78 is 2.67. The Labute approximate surface area is 73.6 Å². The number of hydrogen-bond donors (Lipinski definition) is 0. The first kappa shape index (κ1) is 6.83. The molecule has 0 spiro atoms. The molecule has 2 aliphatic rings. The summed E-state index contributed by atoms with van der Waals surface area (Å²) >= 11 is 0.168. The molecule has 0 aromatic rings. The van der Waals surface area contributed by atoms with E-state index in [4.69, 9.17) is 0 Å². The van der Waals surface area contributed by atoms with Crippen molar-refractivity contribution in [2.75, 3.05) is 0 Å². The molecule has 0 amide bonds. The molecule has 0 unspecified atom stereocenters. The van der Waals surface area contributed by atoms with Gasteiger partial charge in [0.2, 0.25) is 0 Å². The minimum atomic E-state index is 0.168. The van der Waals surface area contributed by atoms with Gasteiger partial charge in [-0.05, 0) is 0 Å². The molecule has 0 radical (unpaired) electrons. The second kappa shape index (κ2) is 3.03. The summed E-state index contributed by atoms with van der Waals surface area (Å²) in [5.74, 6) is 0. The maximum atomic E-state index is 3.20.